The van der Waals surface area contributed by atoms with Gasteiger partial charge in [0.05, 0.1) is 12.6 Å². The maximum absolute atomic E-state index is 13.5. The SMILES string of the molecule is COc1cccc(-c2nc3c4cc(F)ccc4[nH]c(=O)n3n2)c1. The Bertz CT molecular complexity index is 1100. The minimum Gasteiger partial charge on any atom is -0.497 e. The molecule has 0 saturated heterocycles. The lowest BCUT2D eigenvalue weighted by atomic mass is 10.2. The van der Waals surface area contributed by atoms with E-state index in [1.807, 2.05) is 12.1 Å². The minimum absolute atomic E-state index is 0.307. The van der Waals surface area contributed by atoms with Crippen molar-refractivity contribution in [1.29, 1.82) is 0 Å². The van der Waals surface area contributed by atoms with Crippen molar-refractivity contribution in [3.8, 4) is 17.1 Å². The van der Waals surface area contributed by atoms with Gasteiger partial charge in [0, 0.05) is 10.9 Å². The molecule has 2 aromatic carbocycles. The van der Waals surface area contributed by atoms with Gasteiger partial charge in [0.15, 0.2) is 11.5 Å². The maximum atomic E-state index is 13.5. The van der Waals surface area contributed by atoms with Crippen LogP contribution in [0, 0.1) is 5.82 Å². The van der Waals surface area contributed by atoms with E-state index in [4.69, 9.17) is 4.74 Å². The zero-order chi connectivity index (χ0) is 16.0. The van der Waals surface area contributed by atoms with Crippen LogP contribution in [0.1, 0.15) is 0 Å². The Morgan fingerprint density at radius 2 is 2.09 bits per heavy atom. The third-order valence-electron chi connectivity index (χ3n) is 3.59. The fourth-order valence-electron chi connectivity index (χ4n) is 2.49. The molecule has 114 valence electrons. The number of methoxy groups -OCH3 is 1. The van der Waals surface area contributed by atoms with E-state index in [9.17, 15) is 9.18 Å². The Kier molecular flexibility index (Phi) is 2.87. The van der Waals surface area contributed by atoms with Crippen LogP contribution in [0.2, 0.25) is 0 Å². The highest BCUT2D eigenvalue weighted by Gasteiger charge is 2.13. The predicted octanol–water partition coefficient (Wildman–Crippen LogP) is 2.39. The number of aromatic amines is 1. The number of nitrogens with zero attached hydrogens (tertiary/aromatic N) is 3. The van der Waals surface area contributed by atoms with Gasteiger partial charge in [0.1, 0.15) is 11.6 Å². The Hall–Kier alpha value is -3.22. The van der Waals surface area contributed by atoms with E-state index in [1.165, 1.54) is 18.2 Å². The number of rotatable bonds is 2. The van der Waals surface area contributed by atoms with Crippen LogP contribution in [0.25, 0.3) is 27.9 Å². The molecule has 2 aromatic heterocycles. The van der Waals surface area contributed by atoms with E-state index in [2.05, 4.69) is 15.1 Å². The first-order valence-electron chi connectivity index (χ1n) is 6.88. The number of fused-ring (bicyclic) bond motifs is 3. The highest BCUT2D eigenvalue weighted by molar-refractivity contribution is 5.91. The highest BCUT2D eigenvalue weighted by Crippen LogP contribution is 2.23. The fourth-order valence-corrected chi connectivity index (χ4v) is 2.49. The monoisotopic (exact) mass is 310 g/mol. The molecular formula is C16H11FN4O2. The molecule has 4 aromatic rings. The van der Waals surface area contributed by atoms with Crippen molar-refractivity contribution in [2.24, 2.45) is 0 Å². The van der Waals surface area contributed by atoms with Gasteiger partial charge in [0.25, 0.3) is 0 Å². The summed E-state index contributed by atoms with van der Waals surface area (Å²) in [7, 11) is 1.57. The van der Waals surface area contributed by atoms with Crippen LogP contribution in [-0.4, -0.2) is 26.7 Å². The average molecular weight is 310 g/mol. The molecule has 0 aliphatic carbocycles. The van der Waals surface area contributed by atoms with Crippen molar-refractivity contribution in [2.75, 3.05) is 7.11 Å². The second-order valence-electron chi connectivity index (χ2n) is 5.02. The first kappa shape index (κ1) is 13.4. The van der Waals surface area contributed by atoms with Crippen molar-refractivity contribution in [1.82, 2.24) is 19.6 Å². The molecule has 4 rings (SSSR count). The van der Waals surface area contributed by atoms with Crippen LogP contribution in [0.15, 0.2) is 47.3 Å². The molecule has 0 amide bonds. The van der Waals surface area contributed by atoms with Crippen molar-refractivity contribution in [2.45, 2.75) is 0 Å². The molecule has 0 bridgehead atoms. The number of aromatic nitrogens is 4. The predicted molar refractivity (Wildman–Crippen MR) is 83.1 cm³/mol. The largest absolute Gasteiger partial charge is 0.497 e. The van der Waals surface area contributed by atoms with Crippen molar-refractivity contribution < 1.29 is 9.13 Å². The van der Waals surface area contributed by atoms with E-state index in [-0.39, 0.29) is 0 Å². The first-order chi connectivity index (χ1) is 11.2. The molecule has 23 heavy (non-hydrogen) atoms. The Morgan fingerprint density at radius 1 is 1.22 bits per heavy atom. The molecule has 0 fully saturated rings. The zero-order valence-corrected chi connectivity index (χ0v) is 12.1. The molecule has 0 saturated carbocycles. The van der Waals surface area contributed by atoms with Crippen LogP contribution in [0.3, 0.4) is 0 Å². The summed E-state index contributed by atoms with van der Waals surface area (Å²) in [5.74, 6) is 0.620. The van der Waals surface area contributed by atoms with Gasteiger partial charge in [-0.25, -0.2) is 14.2 Å². The standard InChI is InChI=1S/C16H11FN4O2/c1-23-11-4-2-3-9(7-11)14-19-15-12-8-10(17)5-6-13(12)18-16(22)21(15)20-14/h2-8H,1H3,(H,18,22). The quantitative estimate of drug-likeness (QED) is 0.617. The van der Waals surface area contributed by atoms with E-state index < -0.39 is 11.5 Å². The molecule has 6 nitrogen and oxygen atoms in total. The van der Waals surface area contributed by atoms with Gasteiger partial charge >= 0.3 is 5.69 Å². The summed E-state index contributed by atoms with van der Waals surface area (Å²) in [6.45, 7) is 0. The van der Waals surface area contributed by atoms with Crippen molar-refractivity contribution >= 4 is 16.6 Å². The lowest BCUT2D eigenvalue weighted by Gasteiger charge is -2.00. The number of hydrogen-bond acceptors (Lipinski definition) is 4. The third-order valence-corrected chi connectivity index (χ3v) is 3.59. The number of hydrogen-bond donors (Lipinski definition) is 1. The number of H-pyrrole nitrogens is 1. The number of halogens is 1. The Morgan fingerprint density at radius 3 is 2.91 bits per heavy atom. The number of nitrogens with one attached hydrogen (secondary N) is 1. The summed E-state index contributed by atoms with van der Waals surface area (Å²) in [6.07, 6.45) is 0. The van der Waals surface area contributed by atoms with E-state index in [1.54, 1.807) is 19.2 Å². The van der Waals surface area contributed by atoms with E-state index in [0.29, 0.717) is 33.7 Å². The second-order valence-corrected chi connectivity index (χ2v) is 5.02. The third kappa shape index (κ3) is 2.13. The topological polar surface area (TPSA) is 72.3 Å². The molecule has 1 N–H and O–H groups in total. The van der Waals surface area contributed by atoms with Gasteiger partial charge in [-0.15, -0.1) is 5.10 Å². The Balaban J connectivity index is 2.03. The van der Waals surface area contributed by atoms with Crippen LogP contribution in [0.5, 0.6) is 5.75 Å². The summed E-state index contributed by atoms with van der Waals surface area (Å²) in [5, 5.41) is 4.71. The lowest BCUT2D eigenvalue weighted by Crippen LogP contribution is -2.17. The van der Waals surface area contributed by atoms with Crippen molar-refractivity contribution in [3.05, 3.63) is 58.8 Å². The lowest BCUT2D eigenvalue weighted by molar-refractivity contribution is 0.415. The minimum atomic E-state index is -0.430. The van der Waals surface area contributed by atoms with Gasteiger partial charge in [0.2, 0.25) is 0 Å². The summed E-state index contributed by atoms with van der Waals surface area (Å²) in [6, 6.07) is 11.3. The maximum Gasteiger partial charge on any atom is 0.348 e. The smallest absolute Gasteiger partial charge is 0.348 e. The number of benzene rings is 2. The van der Waals surface area contributed by atoms with Crippen LogP contribution in [-0.2, 0) is 0 Å². The van der Waals surface area contributed by atoms with E-state index >= 15 is 0 Å². The fraction of sp³-hybridized carbons (Fsp3) is 0.0625. The average Bonchev–Trinajstić information content (AvgIpc) is 3.02. The number of ether oxygens (including phenoxy) is 1. The molecular weight excluding hydrogens is 299 g/mol. The molecule has 0 spiro atoms. The zero-order valence-electron chi connectivity index (χ0n) is 12.1. The first-order valence-corrected chi connectivity index (χ1v) is 6.88. The molecule has 0 aliphatic heterocycles. The molecule has 0 radical (unpaired) electrons. The highest BCUT2D eigenvalue weighted by atomic mass is 19.1. The van der Waals surface area contributed by atoms with Gasteiger partial charge in [-0.2, -0.15) is 4.52 Å². The van der Waals surface area contributed by atoms with Crippen LogP contribution >= 0.6 is 0 Å². The molecule has 2 heterocycles. The van der Waals surface area contributed by atoms with Crippen LogP contribution < -0.4 is 10.4 Å². The van der Waals surface area contributed by atoms with Gasteiger partial charge in [-0.1, -0.05) is 12.1 Å². The van der Waals surface area contributed by atoms with Crippen molar-refractivity contribution in [3.63, 3.8) is 0 Å². The summed E-state index contributed by atoms with van der Waals surface area (Å²) in [5.41, 5.74) is 1.09. The second kappa shape index (κ2) is 4.91. The van der Waals surface area contributed by atoms with Gasteiger partial charge in [-0.3, -0.25) is 0 Å². The molecule has 0 atom stereocenters. The van der Waals surface area contributed by atoms with E-state index in [0.717, 1.165) is 4.52 Å². The molecule has 0 aliphatic rings. The molecule has 0 unspecified atom stereocenters. The normalized spacial score (nSPS) is 11.2. The summed E-state index contributed by atoms with van der Waals surface area (Å²) >= 11 is 0. The summed E-state index contributed by atoms with van der Waals surface area (Å²) < 4.78 is 19.8. The Labute approximate surface area is 129 Å². The van der Waals surface area contributed by atoms with Gasteiger partial charge in [-0.05, 0) is 30.3 Å². The van der Waals surface area contributed by atoms with Crippen LogP contribution in [0.4, 0.5) is 4.39 Å². The van der Waals surface area contributed by atoms with Gasteiger partial charge < -0.3 is 9.72 Å². The molecule has 7 heteroatoms. The summed E-state index contributed by atoms with van der Waals surface area (Å²) in [4.78, 5) is 19.2.